The molecule has 0 N–H and O–H groups in total. The van der Waals surface area contributed by atoms with E-state index in [9.17, 15) is 24.5 Å². The monoisotopic (exact) mass is 534 g/mol. The summed E-state index contributed by atoms with van der Waals surface area (Å²) in [7, 11) is 0. The summed E-state index contributed by atoms with van der Waals surface area (Å²) in [6.07, 6.45) is 1.47. The summed E-state index contributed by atoms with van der Waals surface area (Å²) in [4.78, 5) is 48.8. The van der Waals surface area contributed by atoms with Gasteiger partial charge in [-0.3, -0.25) is 24.6 Å². The summed E-state index contributed by atoms with van der Waals surface area (Å²) < 4.78 is 16.4. The van der Waals surface area contributed by atoms with E-state index in [1.165, 1.54) is 31.2 Å². The third-order valence-corrected chi connectivity index (χ3v) is 6.14. The molecule has 1 fully saturated rings. The first kappa shape index (κ1) is 27.0. The standard InChI is InChI=1S/C24H23ClN2O8S/c1-4-33-19-11-16(12-20-22(28)26(24(30)36-20)14(3)23(29)34-5-2)10-18(25)21(19)35-13-15-7-6-8-17(9-15)27(31)32/h6-12,14H,4-5,13H2,1-3H3/b20-12+/t14-/m0/s1. The molecule has 2 aromatic carbocycles. The first-order valence-electron chi connectivity index (χ1n) is 10.9. The molecule has 0 aromatic heterocycles. The van der Waals surface area contributed by atoms with E-state index < -0.39 is 28.1 Å². The summed E-state index contributed by atoms with van der Waals surface area (Å²) >= 11 is 7.15. The molecular weight excluding hydrogens is 512 g/mol. The molecular formula is C24H23ClN2O8S. The largest absolute Gasteiger partial charge is 0.490 e. The van der Waals surface area contributed by atoms with Crippen molar-refractivity contribution in [2.75, 3.05) is 13.2 Å². The number of nitrogens with zero attached hydrogens (tertiary/aromatic N) is 2. The van der Waals surface area contributed by atoms with Crippen LogP contribution in [0.5, 0.6) is 11.5 Å². The van der Waals surface area contributed by atoms with E-state index in [-0.39, 0.29) is 34.6 Å². The number of amides is 2. The Labute approximate surface area is 216 Å². The van der Waals surface area contributed by atoms with Crippen LogP contribution in [0.25, 0.3) is 6.08 Å². The number of ether oxygens (including phenoxy) is 3. The Morgan fingerprint density at radius 3 is 2.61 bits per heavy atom. The molecule has 0 aliphatic carbocycles. The Morgan fingerprint density at radius 1 is 1.19 bits per heavy atom. The number of benzene rings is 2. The minimum Gasteiger partial charge on any atom is -0.490 e. The lowest BCUT2D eigenvalue weighted by Crippen LogP contribution is -2.42. The molecule has 0 bridgehead atoms. The van der Waals surface area contributed by atoms with E-state index in [0.29, 0.717) is 35.2 Å². The van der Waals surface area contributed by atoms with Crippen molar-refractivity contribution in [1.29, 1.82) is 0 Å². The quantitative estimate of drug-likeness (QED) is 0.175. The molecule has 3 rings (SSSR count). The molecule has 1 heterocycles. The van der Waals surface area contributed by atoms with Crippen LogP contribution in [0.1, 0.15) is 31.9 Å². The fourth-order valence-corrected chi connectivity index (χ4v) is 4.50. The highest BCUT2D eigenvalue weighted by molar-refractivity contribution is 8.18. The van der Waals surface area contributed by atoms with Gasteiger partial charge in [-0.05, 0) is 61.9 Å². The van der Waals surface area contributed by atoms with Crippen LogP contribution in [0.3, 0.4) is 0 Å². The highest BCUT2D eigenvalue weighted by atomic mass is 35.5. The Morgan fingerprint density at radius 2 is 1.94 bits per heavy atom. The van der Waals surface area contributed by atoms with Gasteiger partial charge in [-0.1, -0.05) is 23.7 Å². The number of carbonyl (C=O) groups is 3. The number of hydrogen-bond donors (Lipinski definition) is 0. The van der Waals surface area contributed by atoms with Crippen molar-refractivity contribution >= 4 is 52.2 Å². The molecule has 2 aromatic rings. The van der Waals surface area contributed by atoms with Crippen LogP contribution < -0.4 is 9.47 Å². The molecule has 1 saturated heterocycles. The molecule has 0 saturated carbocycles. The predicted molar refractivity (Wildman–Crippen MR) is 134 cm³/mol. The van der Waals surface area contributed by atoms with E-state index in [2.05, 4.69) is 0 Å². The molecule has 0 spiro atoms. The Kier molecular flexibility index (Phi) is 8.94. The number of halogens is 1. The lowest BCUT2D eigenvalue weighted by atomic mass is 10.1. The maximum Gasteiger partial charge on any atom is 0.329 e. The van der Waals surface area contributed by atoms with E-state index in [0.717, 1.165) is 4.90 Å². The van der Waals surface area contributed by atoms with Crippen molar-refractivity contribution < 1.29 is 33.5 Å². The van der Waals surface area contributed by atoms with Gasteiger partial charge >= 0.3 is 5.97 Å². The summed E-state index contributed by atoms with van der Waals surface area (Å²) in [6, 6.07) is 8.10. The van der Waals surface area contributed by atoms with Gasteiger partial charge in [0.2, 0.25) is 0 Å². The average Bonchev–Trinajstić information content (AvgIpc) is 3.11. The van der Waals surface area contributed by atoms with Gasteiger partial charge in [0.1, 0.15) is 12.6 Å². The van der Waals surface area contributed by atoms with Gasteiger partial charge in [0.15, 0.2) is 11.5 Å². The third kappa shape index (κ3) is 6.16. The summed E-state index contributed by atoms with van der Waals surface area (Å²) in [6.45, 7) is 5.26. The molecule has 36 heavy (non-hydrogen) atoms. The van der Waals surface area contributed by atoms with Crippen LogP contribution in [0.2, 0.25) is 5.02 Å². The van der Waals surface area contributed by atoms with Crippen LogP contribution in [0.4, 0.5) is 10.5 Å². The molecule has 0 unspecified atom stereocenters. The number of hydrogen-bond acceptors (Lipinski definition) is 9. The molecule has 12 heteroatoms. The van der Waals surface area contributed by atoms with Crippen LogP contribution in [0.15, 0.2) is 41.3 Å². The highest BCUT2D eigenvalue weighted by Gasteiger charge is 2.41. The normalized spacial score (nSPS) is 15.2. The molecule has 1 aliphatic heterocycles. The molecule has 2 amide bonds. The van der Waals surface area contributed by atoms with Gasteiger partial charge in [0, 0.05) is 12.1 Å². The van der Waals surface area contributed by atoms with E-state index in [1.54, 1.807) is 32.0 Å². The molecule has 0 radical (unpaired) electrons. The third-order valence-electron chi connectivity index (χ3n) is 4.97. The smallest absolute Gasteiger partial charge is 0.329 e. The van der Waals surface area contributed by atoms with Gasteiger partial charge in [0.05, 0.1) is 28.1 Å². The predicted octanol–water partition coefficient (Wildman–Crippen LogP) is 5.21. The number of nitro benzene ring substituents is 1. The van der Waals surface area contributed by atoms with Crippen molar-refractivity contribution in [2.45, 2.75) is 33.4 Å². The van der Waals surface area contributed by atoms with Crippen molar-refractivity contribution in [1.82, 2.24) is 4.90 Å². The molecule has 190 valence electrons. The maximum absolute atomic E-state index is 12.8. The Hall–Kier alpha value is -3.57. The van der Waals surface area contributed by atoms with Crippen molar-refractivity contribution in [2.24, 2.45) is 0 Å². The number of esters is 1. The van der Waals surface area contributed by atoms with Gasteiger partial charge in [-0.2, -0.15) is 0 Å². The second kappa shape index (κ2) is 11.9. The number of rotatable bonds is 10. The zero-order valence-corrected chi connectivity index (χ0v) is 21.3. The molecule has 10 nitrogen and oxygen atoms in total. The number of thioether (sulfide) groups is 1. The number of imide groups is 1. The van der Waals surface area contributed by atoms with Crippen molar-refractivity contribution in [3.8, 4) is 11.5 Å². The van der Waals surface area contributed by atoms with Crippen LogP contribution in [-0.2, 0) is 20.9 Å². The Bertz CT molecular complexity index is 1230. The van der Waals surface area contributed by atoms with E-state index in [1.807, 2.05) is 0 Å². The molecule has 1 atom stereocenters. The summed E-state index contributed by atoms with van der Waals surface area (Å²) in [5.41, 5.74) is 0.977. The van der Waals surface area contributed by atoms with Gasteiger partial charge in [-0.25, -0.2) is 4.79 Å². The second-order valence-corrected chi connectivity index (χ2v) is 8.86. The SMILES string of the molecule is CCOC(=O)[C@H](C)N1C(=O)S/C(=C/c2cc(Cl)c(OCc3cccc([N+](=O)[O-])c3)c(OCC)c2)C1=O. The van der Waals surface area contributed by atoms with E-state index in [4.69, 9.17) is 25.8 Å². The lowest BCUT2D eigenvalue weighted by molar-refractivity contribution is -0.384. The zero-order chi connectivity index (χ0) is 26.4. The summed E-state index contributed by atoms with van der Waals surface area (Å²) in [5.74, 6) is -0.773. The van der Waals surface area contributed by atoms with Crippen molar-refractivity contribution in [3.63, 3.8) is 0 Å². The highest BCUT2D eigenvalue weighted by Crippen LogP contribution is 2.40. The van der Waals surface area contributed by atoms with Crippen LogP contribution >= 0.6 is 23.4 Å². The van der Waals surface area contributed by atoms with Gasteiger partial charge < -0.3 is 14.2 Å². The minimum atomic E-state index is -1.06. The minimum absolute atomic E-state index is 0.00541. The summed E-state index contributed by atoms with van der Waals surface area (Å²) in [5, 5.41) is 10.6. The van der Waals surface area contributed by atoms with Crippen LogP contribution in [0, 0.1) is 10.1 Å². The number of carbonyl (C=O) groups excluding carboxylic acids is 3. The first-order chi connectivity index (χ1) is 17.2. The molecule has 1 aliphatic rings. The number of non-ortho nitro benzene ring substituents is 1. The van der Waals surface area contributed by atoms with Gasteiger partial charge in [0.25, 0.3) is 16.8 Å². The fraction of sp³-hybridized carbons (Fsp3) is 0.292. The lowest BCUT2D eigenvalue weighted by Gasteiger charge is -2.19. The van der Waals surface area contributed by atoms with Gasteiger partial charge in [-0.15, -0.1) is 0 Å². The van der Waals surface area contributed by atoms with Crippen molar-refractivity contribution in [3.05, 3.63) is 67.6 Å². The Balaban J connectivity index is 1.85. The first-order valence-corrected chi connectivity index (χ1v) is 12.1. The van der Waals surface area contributed by atoms with Crippen LogP contribution in [-0.4, -0.2) is 46.2 Å². The maximum atomic E-state index is 12.8. The fourth-order valence-electron chi connectivity index (χ4n) is 3.32. The average molecular weight is 535 g/mol. The topological polar surface area (TPSA) is 125 Å². The second-order valence-electron chi connectivity index (χ2n) is 7.46. The zero-order valence-electron chi connectivity index (χ0n) is 19.7. The van der Waals surface area contributed by atoms with E-state index >= 15 is 0 Å². The number of nitro groups is 1.